The third kappa shape index (κ3) is 3.07. The van der Waals surface area contributed by atoms with Gasteiger partial charge in [-0.25, -0.2) is 0 Å². The Hall–Kier alpha value is -1.34. The summed E-state index contributed by atoms with van der Waals surface area (Å²) in [4.78, 5) is 0. The Bertz CT molecular complexity index is 508. The van der Waals surface area contributed by atoms with Crippen molar-refractivity contribution >= 4 is 10.8 Å². The highest BCUT2D eigenvalue weighted by Crippen LogP contribution is 2.21. The second-order valence-electron chi connectivity index (χ2n) is 5.72. The van der Waals surface area contributed by atoms with E-state index in [1.165, 1.54) is 16.3 Å². The fraction of sp³-hybridized carbons (Fsp3) is 0.375. The van der Waals surface area contributed by atoms with Crippen LogP contribution in [0.2, 0.25) is 0 Å². The molecule has 0 saturated carbocycles. The van der Waals surface area contributed by atoms with Crippen LogP contribution in [0, 0.1) is 0 Å². The molecular formula is C16H21N. The monoisotopic (exact) mass is 227 g/mol. The van der Waals surface area contributed by atoms with E-state index in [2.05, 4.69) is 75.5 Å². The molecule has 0 fully saturated rings. The van der Waals surface area contributed by atoms with Gasteiger partial charge in [-0.2, -0.15) is 0 Å². The lowest BCUT2D eigenvalue weighted by atomic mass is 10.00. The Kier molecular flexibility index (Phi) is 3.21. The lowest BCUT2D eigenvalue weighted by Crippen LogP contribution is -2.37. The predicted octanol–water partition coefficient (Wildman–Crippen LogP) is 4.29. The van der Waals surface area contributed by atoms with Crippen molar-refractivity contribution in [3.8, 4) is 0 Å². The molecule has 2 rings (SSSR count). The number of fused-ring (bicyclic) bond motifs is 1. The Morgan fingerprint density at radius 3 is 2.24 bits per heavy atom. The fourth-order valence-electron chi connectivity index (χ4n) is 2.21. The highest BCUT2D eigenvalue weighted by Gasteiger charge is 2.14. The smallest absolute Gasteiger partial charge is 0.0296 e. The van der Waals surface area contributed by atoms with Crippen LogP contribution < -0.4 is 5.32 Å². The highest BCUT2D eigenvalue weighted by atomic mass is 15.0. The Labute approximate surface area is 104 Å². The molecule has 1 N–H and O–H groups in total. The van der Waals surface area contributed by atoms with E-state index in [0.29, 0.717) is 6.04 Å². The molecule has 0 aliphatic carbocycles. The van der Waals surface area contributed by atoms with Crippen LogP contribution in [0.5, 0.6) is 0 Å². The van der Waals surface area contributed by atoms with E-state index in [0.717, 1.165) is 0 Å². The minimum atomic E-state index is 0.144. The summed E-state index contributed by atoms with van der Waals surface area (Å²) in [6.45, 7) is 8.81. The number of benzene rings is 2. The molecule has 0 aliphatic rings. The molecule has 0 spiro atoms. The van der Waals surface area contributed by atoms with Crippen molar-refractivity contribution in [2.24, 2.45) is 0 Å². The summed E-state index contributed by atoms with van der Waals surface area (Å²) >= 11 is 0. The van der Waals surface area contributed by atoms with Gasteiger partial charge in [0.2, 0.25) is 0 Å². The van der Waals surface area contributed by atoms with Gasteiger partial charge in [0.1, 0.15) is 0 Å². The topological polar surface area (TPSA) is 12.0 Å². The molecule has 0 amide bonds. The maximum absolute atomic E-state index is 3.60. The van der Waals surface area contributed by atoms with Gasteiger partial charge in [0.25, 0.3) is 0 Å². The molecule has 0 heterocycles. The lowest BCUT2D eigenvalue weighted by Gasteiger charge is -2.26. The van der Waals surface area contributed by atoms with E-state index < -0.39 is 0 Å². The van der Waals surface area contributed by atoms with Crippen LogP contribution in [0.3, 0.4) is 0 Å². The van der Waals surface area contributed by atoms with Crippen LogP contribution in [0.1, 0.15) is 39.3 Å². The zero-order valence-electron chi connectivity index (χ0n) is 11.1. The van der Waals surface area contributed by atoms with Crippen LogP contribution in [0.25, 0.3) is 10.8 Å². The van der Waals surface area contributed by atoms with E-state index in [1.807, 2.05) is 0 Å². The molecule has 1 heteroatoms. The van der Waals surface area contributed by atoms with Crippen molar-refractivity contribution in [3.63, 3.8) is 0 Å². The average molecular weight is 227 g/mol. The van der Waals surface area contributed by atoms with Crippen molar-refractivity contribution in [1.82, 2.24) is 5.32 Å². The minimum absolute atomic E-state index is 0.144. The van der Waals surface area contributed by atoms with Gasteiger partial charge in [0.15, 0.2) is 0 Å². The molecule has 1 unspecified atom stereocenters. The molecule has 0 bridgehead atoms. The molecule has 90 valence electrons. The van der Waals surface area contributed by atoms with E-state index in [1.54, 1.807) is 0 Å². The average Bonchev–Trinajstić information content (AvgIpc) is 2.26. The number of rotatable bonds is 2. The van der Waals surface area contributed by atoms with Gasteiger partial charge in [-0.3, -0.25) is 0 Å². The van der Waals surface area contributed by atoms with Gasteiger partial charge in [-0.1, -0.05) is 36.4 Å². The molecule has 0 saturated heterocycles. The zero-order chi connectivity index (χ0) is 12.5. The van der Waals surface area contributed by atoms with Gasteiger partial charge < -0.3 is 5.32 Å². The van der Waals surface area contributed by atoms with Gasteiger partial charge in [0.05, 0.1) is 0 Å². The first-order chi connectivity index (χ1) is 7.96. The maximum atomic E-state index is 3.60. The second kappa shape index (κ2) is 4.50. The molecule has 0 aliphatic heterocycles. The summed E-state index contributed by atoms with van der Waals surface area (Å²) in [5.41, 5.74) is 1.49. The van der Waals surface area contributed by atoms with Crippen LogP contribution in [0.15, 0.2) is 42.5 Å². The molecule has 2 aromatic carbocycles. The first-order valence-corrected chi connectivity index (χ1v) is 6.22. The van der Waals surface area contributed by atoms with Crippen molar-refractivity contribution in [2.45, 2.75) is 39.3 Å². The van der Waals surface area contributed by atoms with Crippen LogP contribution in [-0.2, 0) is 0 Å². The van der Waals surface area contributed by atoms with E-state index in [4.69, 9.17) is 0 Å². The standard InChI is InChI=1S/C16H21N/c1-12(17-16(2,3)4)14-10-9-13-7-5-6-8-15(13)11-14/h5-12,17H,1-4H3. The predicted molar refractivity (Wildman–Crippen MR) is 75.3 cm³/mol. The number of hydrogen-bond acceptors (Lipinski definition) is 1. The second-order valence-corrected chi connectivity index (χ2v) is 5.72. The molecular weight excluding hydrogens is 206 g/mol. The number of nitrogens with one attached hydrogen (secondary N) is 1. The van der Waals surface area contributed by atoms with Crippen LogP contribution in [0.4, 0.5) is 0 Å². The normalized spacial score (nSPS) is 13.9. The Balaban J connectivity index is 2.30. The summed E-state index contributed by atoms with van der Waals surface area (Å²) in [6.07, 6.45) is 0. The highest BCUT2D eigenvalue weighted by molar-refractivity contribution is 5.83. The first-order valence-electron chi connectivity index (χ1n) is 6.22. The summed E-state index contributed by atoms with van der Waals surface area (Å²) in [7, 11) is 0. The molecule has 1 atom stereocenters. The molecule has 0 radical (unpaired) electrons. The largest absolute Gasteiger partial charge is 0.306 e. The van der Waals surface area contributed by atoms with Crippen molar-refractivity contribution < 1.29 is 0 Å². The van der Waals surface area contributed by atoms with Crippen LogP contribution in [-0.4, -0.2) is 5.54 Å². The van der Waals surface area contributed by atoms with E-state index in [9.17, 15) is 0 Å². The summed E-state index contributed by atoms with van der Waals surface area (Å²) in [5.74, 6) is 0. The lowest BCUT2D eigenvalue weighted by molar-refractivity contribution is 0.378. The maximum Gasteiger partial charge on any atom is 0.0296 e. The first kappa shape index (κ1) is 12.1. The van der Waals surface area contributed by atoms with Gasteiger partial charge >= 0.3 is 0 Å². The molecule has 0 aromatic heterocycles. The third-order valence-corrected chi connectivity index (χ3v) is 2.92. The van der Waals surface area contributed by atoms with Crippen molar-refractivity contribution in [2.75, 3.05) is 0 Å². The zero-order valence-corrected chi connectivity index (χ0v) is 11.1. The summed E-state index contributed by atoms with van der Waals surface area (Å²) < 4.78 is 0. The van der Waals surface area contributed by atoms with Gasteiger partial charge in [-0.15, -0.1) is 0 Å². The number of hydrogen-bond donors (Lipinski definition) is 1. The third-order valence-electron chi connectivity index (χ3n) is 2.92. The summed E-state index contributed by atoms with van der Waals surface area (Å²) in [6, 6.07) is 15.6. The molecule has 17 heavy (non-hydrogen) atoms. The van der Waals surface area contributed by atoms with Gasteiger partial charge in [0, 0.05) is 11.6 Å². The molecule has 2 aromatic rings. The fourth-order valence-corrected chi connectivity index (χ4v) is 2.21. The molecule has 1 nitrogen and oxygen atoms in total. The summed E-state index contributed by atoms with van der Waals surface area (Å²) in [5, 5.41) is 6.22. The Morgan fingerprint density at radius 2 is 1.59 bits per heavy atom. The SMILES string of the molecule is CC(NC(C)(C)C)c1ccc2ccccc2c1. The van der Waals surface area contributed by atoms with E-state index in [-0.39, 0.29) is 5.54 Å². The van der Waals surface area contributed by atoms with Crippen LogP contribution >= 0.6 is 0 Å². The van der Waals surface area contributed by atoms with Gasteiger partial charge in [-0.05, 0) is 50.1 Å². The van der Waals surface area contributed by atoms with Crippen molar-refractivity contribution in [3.05, 3.63) is 48.0 Å². The van der Waals surface area contributed by atoms with E-state index >= 15 is 0 Å². The van der Waals surface area contributed by atoms with Crippen molar-refractivity contribution in [1.29, 1.82) is 0 Å². The minimum Gasteiger partial charge on any atom is -0.306 e. The quantitative estimate of drug-likeness (QED) is 0.807. The Morgan fingerprint density at radius 1 is 0.941 bits per heavy atom.